The lowest BCUT2D eigenvalue weighted by Crippen LogP contribution is -2.43. The molecule has 0 bridgehead atoms. The van der Waals surface area contributed by atoms with Crippen LogP contribution in [0.15, 0.2) is 41.3 Å². The molecule has 9 heteroatoms. The lowest BCUT2D eigenvalue weighted by Gasteiger charge is -2.30. The molecular weight excluding hydrogens is 477 g/mol. The average molecular weight is 508 g/mol. The highest BCUT2D eigenvalue weighted by atomic mass is 19.1. The minimum absolute atomic E-state index is 0.0115. The van der Waals surface area contributed by atoms with E-state index in [2.05, 4.69) is 5.32 Å². The number of hydrogen-bond acceptors (Lipinski definition) is 7. The first-order chi connectivity index (χ1) is 17.9. The summed E-state index contributed by atoms with van der Waals surface area (Å²) in [5.41, 5.74) is 1.32. The van der Waals surface area contributed by atoms with E-state index in [9.17, 15) is 9.59 Å². The number of fused-ring (bicyclic) bond motifs is 1. The van der Waals surface area contributed by atoms with Gasteiger partial charge in [0.1, 0.15) is 5.82 Å². The van der Waals surface area contributed by atoms with Crippen LogP contribution in [0.4, 0.5) is 10.1 Å². The number of hydrogen-bond donors (Lipinski definition) is 1. The molecule has 1 N–H and O–H groups in total. The highest BCUT2D eigenvalue weighted by molar-refractivity contribution is 6.08. The molecule has 0 atom stereocenters. The Morgan fingerprint density at radius 1 is 1.03 bits per heavy atom. The van der Waals surface area contributed by atoms with Gasteiger partial charge in [-0.05, 0) is 48.7 Å². The highest BCUT2D eigenvalue weighted by Crippen LogP contribution is 2.39. The van der Waals surface area contributed by atoms with Crippen LogP contribution in [0.2, 0.25) is 0 Å². The molecule has 2 aliphatic rings. The predicted molar refractivity (Wildman–Crippen MR) is 141 cm³/mol. The number of piperazine rings is 1. The molecule has 0 spiro atoms. The SMILES string of the molecule is COc1cc(/C=C/C(=O)c2cn(C3CC3)c3cc(N4CCNCC4)c(F)cc3c2=O)cc(OC)c1OC. The summed E-state index contributed by atoms with van der Waals surface area (Å²) in [5, 5.41) is 3.49. The van der Waals surface area contributed by atoms with Gasteiger partial charge in [0.2, 0.25) is 11.2 Å². The molecule has 37 heavy (non-hydrogen) atoms. The molecule has 5 rings (SSSR count). The van der Waals surface area contributed by atoms with Gasteiger partial charge in [-0.2, -0.15) is 0 Å². The normalized spacial score (nSPS) is 15.8. The molecule has 2 heterocycles. The first kappa shape index (κ1) is 24.8. The number of allylic oxidation sites excluding steroid dienone is 1. The smallest absolute Gasteiger partial charge is 0.203 e. The zero-order valence-electron chi connectivity index (χ0n) is 21.2. The van der Waals surface area contributed by atoms with Gasteiger partial charge in [0.25, 0.3) is 0 Å². The first-order valence-electron chi connectivity index (χ1n) is 12.3. The monoisotopic (exact) mass is 507 g/mol. The Kier molecular flexibility index (Phi) is 6.88. The van der Waals surface area contributed by atoms with E-state index in [0.717, 1.165) is 25.9 Å². The van der Waals surface area contributed by atoms with E-state index in [1.54, 1.807) is 30.5 Å². The molecule has 1 aliphatic carbocycles. The second kappa shape index (κ2) is 10.3. The summed E-state index contributed by atoms with van der Waals surface area (Å²) in [7, 11) is 4.54. The van der Waals surface area contributed by atoms with Crippen molar-refractivity contribution in [1.82, 2.24) is 9.88 Å². The summed E-state index contributed by atoms with van der Waals surface area (Å²) in [6, 6.07) is 6.65. The zero-order valence-corrected chi connectivity index (χ0v) is 21.2. The largest absolute Gasteiger partial charge is 0.493 e. The van der Waals surface area contributed by atoms with E-state index < -0.39 is 17.0 Å². The Bertz CT molecular complexity index is 1410. The van der Waals surface area contributed by atoms with Crippen LogP contribution in [0.5, 0.6) is 17.2 Å². The van der Waals surface area contributed by atoms with E-state index >= 15 is 4.39 Å². The molecule has 0 radical (unpaired) electrons. The fourth-order valence-corrected chi connectivity index (χ4v) is 4.80. The van der Waals surface area contributed by atoms with Crippen LogP contribution in [0.25, 0.3) is 17.0 Å². The summed E-state index contributed by atoms with van der Waals surface area (Å²) in [5.74, 6) is 0.434. The van der Waals surface area contributed by atoms with Crippen molar-refractivity contribution in [1.29, 1.82) is 0 Å². The van der Waals surface area contributed by atoms with Crippen molar-refractivity contribution in [2.45, 2.75) is 18.9 Å². The summed E-state index contributed by atoms with van der Waals surface area (Å²) < 4.78 is 33.2. The number of methoxy groups -OCH3 is 3. The number of halogens is 1. The zero-order chi connectivity index (χ0) is 26.1. The van der Waals surface area contributed by atoms with Crippen LogP contribution in [0.3, 0.4) is 0 Å². The van der Waals surface area contributed by atoms with E-state index in [-0.39, 0.29) is 17.0 Å². The Morgan fingerprint density at radius 2 is 1.70 bits per heavy atom. The standard InChI is InChI=1S/C28H30FN3O5/c1-35-25-12-17(13-26(36-2)28(25)37-3)4-7-24(33)20-16-32(18-5-6-18)22-15-23(31-10-8-30-9-11-31)21(29)14-19(22)27(20)34/h4,7,12-16,18,30H,5-6,8-11H2,1-3H3/b7-4+. The Morgan fingerprint density at radius 3 is 2.30 bits per heavy atom. The van der Waals surface area contributed by atoms with Gasteiger partial charge in [0, 0.05) is 43.8 Å². The van der Waals surface area contributed by atoms with Crippen LogP contribution in [-0.4, -0.2) is 57.9 Å². The molecule has 194 valence electrons. The molecule has 8 nitrogen and oxygen atoms in total. The minimum Gasteiger partial charge on any atom is -0.493 e. The number of ketones is 1. The van der Waals surface area contributed by atoms with Gasteiger partial charge in [0.15, 0.2) is 17.3 Å². The second-order valence-corrected chi connectivity index (χ2v) is 9.22. The van der Waals surface area contributed by atoms with Crippen LogP contribution >= 0.6 is 0 Å². The number of carbonyl (C=O) groups excluding carboxylic acids is 1. The summed E-state index contributed by atoms with van der Waals surface area (Å²) in [4.78, 5) is 28.6. The van der Waals surface area contributed by atoms with Crippen molar-refractivity contribution < 1.29 is 23.4 Å². The van der Waals surface area contributed by atoms with Crippen molar-refractivity contribution in [3.05, 3.63) is 63.7 Å². The van der Waals surface area contributed by atoms with Gasteiger partial charge >= 0.3 is 0 Å². The van der Waals surface area contributed by atoms with Gasteiger partial charge in [-0.15, -0.1) is 0 Å². The van der Waals surface area contributed by atoms with Crippen LogP contribution < -0.4 is 29.9 Å². The molecule has 0 amide bonds. The van der Waals surface area contributed by atoms with Crippen molar-refractivity contribution in [2.75, 3.05) is 52.4 Å². The van der Waals surface area contributed by atoms with Crippen molar-refractivity contribution in [3.8, 4) is 17.2 Å². The van der Waals surface area contributed by atoms with E-state index in [0.29, 0.717) is 47.1 Å². The molecule has 0 unspecified atom stereocenters. The maximum atomic E-state index is 15.2. The van der Waals surface area contributed by atoms with Gasteiger partial charge in [-0.3, -0.25) is 9.59 Å². The number of pyridine rings is 1. The fraction of sp³-hybridized carbons (Fsp3) is 0.357. The first-order valence-corrected chi connectivity index (χ1v) is 12.3. The maximum absolute atomic E-state index is 15.2. The molecule has 3 aromatic rings. The van der Waals surface area contributed by atoms with E-state index in [1.165, 1.54) is 33.5 Å². The Balaban J connectivity index is 1.54. The average Bonchev–Trinajstić information content (AvgIpc) is 3.77. The lowest BCUT2D eigenvalue weighted by atomic mass is 10.0. The predicted octanol–water partition coefficient (Wildman–Crippen LogP) is 3.81. The van der Waals surface area contributed by atoms with Crippen LogP contribution in [0.1, 0.15) is 34.8 Å². The minimum atomic E-state index is -0.475. The van der Waals surface area contributed by atoms with Crippen LogP contribution in [0, 0.1) is 5.82 Å². The third-order valence-electron chi connectivity index (χ3n) is 6.88. The van der Waals surface area contributed by atoms with Gasteiger partial charge in [0.05, 0.1) is 38.1 Å². The van der Waals surface area contributed by atoms with E-state index in [4.69, 9.17) is 14.2 Å². The van der Waals surface area contributed by atoms with Crippen molar-refractivity contribution in [2.24, 2.45) is 0 Å². The van der Waals surface area contributed by atoms with Crippen molar-refractivity contribution in [3.63, 3.8) is 0 Å². The summed E-state index contributed by atoms with van der Waals surface area (Å²) >= 11 is 0. The lowest BCUT2D eigenvalue weighted by molar-refractivity contribution is 0.104. The van der Waals surface area contributed by atoms with Gasteiger partial charge < -0.3 is 29.0 Å². The molecule has 1 aliphatic heterocycles. The number of carbonyl (C=O) groups is 1. The number of anilines is 1. The maximum Gasteiger partial charge on any atom is 0.203 e. The molecule has 1 saturated heterocycles. The second-order valence-electron chi connectivity index (χ2n) is 9.22. The molecule has 2 aromatic carbocycles. The number of rotatable bonds is 8. The summed E-state index contributed by atoms with van der Waals surface area (Å²) in [6.45, 7) is 2.94. The third kappa shape index (κ3) is 4.79. The molecular formula is C28H30FN3O5. The number of ether oxygens (including phenoxy) is 3. The van der Waals surface area contributed by atoms with E-state index in [1.807, 2.05) is 9.47 Å². The Hall–Kier alpha value is -3.85. The van der Waals surface area contributed by atoms with Gasteiger partial charge in [-0.1, -0.05) is 6.08 Å². The highest BCUT2D eigenvalue weighted by Gasteiger charge is 2.28. The molecule has 2 fully saturated rings. The summed E-state index contributed by atoms with van der Waals surface area (Å²) in [6.07, 6.45) is 6.46. The Labute approximate surface area is 214 Å². The number of nitrogens with one attached hydrogen (secondary N) is 1. The topological polar surface area (TPSA) is 82.0 Å². The number of benzene rings is 2. The van der Waals surface area contributed by atoms with Crippen LogP contribution in [-0.2, 0) is 0 Å². The fourth-order valence-electron chi connectivity index (χ4n) is 4.80. The third-order valence-corrected chi connectivity index (χ3v) is 6.88. The van der Waals surface area contributed by atoms with Gasteiger partial charge in [-0.25, -0.2) is 4.39 Å². The number of nitrogens with zero attached hydrogens (tertiary/aromatic N) is 2. The molecule has 1 aromatic heterocycles. The van der Waals surface area contributed by atoms with Crippen molar-refractivity contribution >= 4 is 28.4 Å². The molecule has 1 saturated carbocycles. The quantitative estimate of drug-likeness (QED) is 0.367. The number of aromatic nitrogens is 1.